The van der Waals surface area contributed by atoms with Gasteiger partial charge in [-0.3, -0.25) is 0 Å². The zero-order valence-corrected chi connectivity index (χ0v) is 12.9. The number of hydrogen-bond donors (Lipinski definition) is 1. The molecule has 0 atom stereocenters. The molecule has 1 fully saturated rings. The summed E-state index contributed by atoms with van der Waals surface area (Å²) < 4.78 is 0. The monoisotopic (exact) mass is 286 g/mol. The van der Waals surface area contributed by atoms with E-state index < -0.39 is 0 Å². The first-order valence-electron chi connectivity index (χ1n) is 7.62. The van der Waals surface area contributed by atoms with Crippen molar-refractivity contribution in [3.05, 3.63) is 40.9 Å². The highest BCUT2D eigenvalue weighted by Crippen LogP contribution is 2.26. The van der Waals surface area contributed by atoms with Gasteiger partial charge in [0.1, 0.15) is 5.01 Å². The summed E-state index contributed by atoms with van der Waals surface area (Å²) >= 11 is 1.81. The minimum absolute atomic E-state index is 0.726. The van der Waals surface area contributed by atoms with Crippen LogP contribution in [0.4, 0.5) is 0 Å². The second kappa shape index (κ2) is 6.51. The molecular formula is C17H22N2S. The fraction of sp³-hybridized carbons (Fsp3) is 0.471. The molecule has 1 N–H and O–H groups in total. The standard InChI is InChI=1S/C17H22N2S/c1-2-13-7-9-14(10-8-13)17-19-12-16(20-17)11-18-15-5-3-4-6-15/h7-10,12,15,18H,2-6,11H2,1H3. The first kappa shape index (κ1) is 13.8. The highest BCUT2D eigenvalue weighted by atomic mass is 32.1. The molecule has 3 rings (SSSR count). The average Bonchev–Trinajstić information content (AvgIpc) is 3.17. The van der Waals surface area contributed by atoms with Gasteiger partial charge >= 0.3 is 0 Å². The fourth-order valence-corrected chi connectivity index (χ4v) is 3.65. The molecule has 106 valence electrons. The van der Waals surface area contributed by atoms with Crippen LogP contribution >= 0.6 is 11.3 Å². The van der Waals surface area contributed by atoms with Crippen LogP contribution in [0.1, 0.15) is 43.0 Å². The van der Waals surface area contributed by atoms with Gasteiger partial charge in [-0.05, 0) is 24.8 Å². The van der Waals surface area contributed by atoms with Gasteiger partial charge in [0, 0.05) is 29.2 Å². The van der Waals surface area contributed by atoms with Gasteiger partial charge in [-0.2, -0.15) is 0 Å². The van der Waals surface area contributed by atoms with Gasteiger partial charge in [0.15, 0.2) is 0 Å². The molecule has 1 aliphatic rings. The van der Waals surface area contributed by atoms with Gasteiger partial charge in [-0.15, -0.1) is 11.3 Å². The Morgan fingerprint density at radius 3 is 2.65 bits per heavy atom. The molecule has 20 heavy (non-hydrogen) atoms. The summed E-state index contributed by atoms with van der Waals surface area (Å²) in [7, 11) is 0. The maximum absolute atomic E-state index is 4.57. The lowest BCUT2D eigenvalue weighted by atomic mass is 10.1. The van der Waals surface area contributed by atoms with Crippen LogP contribution in [-0.4, -0.2) is 11.0 Å². The van der Waals surface area contributed by atoms with Crippen molar-refractivity contribution in [1.29, 1.82) is 0 Å². The van der Waals surface area contributed by atoms with Gasteiger partial charge in [0.25, 0.3) is 0 Å². The lowest BCUT2D eigenvalue weighted by molar-refractivity contribution is 0.527. The molecule has 0 bridgehead atoms. The Labute approximate surface area is 125 Å². The maximum atomic E-state index is 4.57. The zero-order valence-electron chi connectivity index (χ0n) is 12.1. The molecule has 1 aromatic carbocycles. The summed E-state index contributed by atoms with van der Waals surface area (Å²) in [6.45, 7) is 3.15. The molecule has 2 nitrogen and oxygen atoms in total. The Morgan fingerprint density at radius 2 is 1.95 bits per heavy atom. The smallest absolute Gasteiger partial charge is 0.123 e. The molecule has 0 radical (unpaired) electrons. The SMILES string of the molecule is CCc1ccc(-c2ncc(CNC3CCCC3)s2)cc1. The highest BCUT2D eigenvalue weighted by molar-refractivity contribution is 7.15. The molecule has 0 unspecified atom stereocenters. The predicted octanol–water partition coefficient (Wildman–Crippen LogP) is 4.40. The Hall–Kier alpha value is -1.19. The first-order valence-corrected chi connectivity index (χ1v) is 8.44. The Balaban J connectivity index is 1.62. The summed E-state index contributed by atoms with van der Waals surface area (Å²) in [6.07, 6.45) is 8.56. The molecule has 1 aliphatic carbocycles. The van der Waals surface area contributed by atoms with Crippen LogP contribution in [0.3, 0.4) is 0 Å². The van der Waals surface area contributed by atoms with E-state index in [2.05, 4.69) is 41.5 Å². The quantitative estimate of drug-likeness (QED) is 0.881. The van der Waals surface area contributed by atoms with Crippen molar-refractivity contribution in [1.82, 2.24) is 10.3 Å². The van der Waals surface area contributed by atoms with E-state index in [0.29, 0.717) is 0 Å². The third-order valence-corrected chi connectivity index (χ3v) is 5.13. The maximum Gasteiger partial charge on any atom is 0.123 e. The number of nitrogens with zero attached hydrogens (tertiary/aromatic N) is 1. The van der Waals surface area contributed by atoms with Crippen molar-refractivity contribution in [2.45, 2.75) is 51.6 Å². The topological polar surface area (TPSA) is 24.9 Å². The molecule has 0 amide bonds. The van der Waals surface area contributed by atoms with Crippen LogP contribution in [-0.2, 0) is 13.0 Å². The number of aryl methyl sites for hydroxylation is 1. The van der Waals surface area contributed by atoms with Gasteiger partial charge in [-0.25, -0.2) is 4.98 Å². The van der Waals surface area contributed by atoms with E-state index in [-0.39, 0.29) is 0 Å². The third kappa shape index (κ3) is 3.28. The van der Waals surface area contributed by atoms with E-state index in [1.807, 2.05) is 17.5 Å². The van der Waals surface area contributed by atoms with Crippen molar-refractivity contribution in [2.24, 2.45) is 0 Å². The van der Waals surface area contributed by atoms with Crippen LogP contribution in [0.15, 0.2) is 30.5 Å². The second-order valence-corrected chi connectivity index (χ2v) is 6.66. The fourth-order valence-electron chi connectivity index (χ4n) is 2.78. The van der Waals surface area contributed by atoms with Crippen LogP contribution in [0.5, 0.6) is 0 Å². The average molecular weight is 286 g/mol. The summed E-state index contributed by atoms with van der Waals surface area (Å²) in [5, 5.41) is 4.79. The van der Waals surface area contributed by atoms with E-state index in [4.69, 9.17) is 0 Å². The van der Waals surface area contributed by atoms with Gasteiger partial charge in [0.2, 0.25) is 0 Å². The van der Waals surface area contributed by atoms with E-state index in [1.54, 1.807) is 0 Å². The summed E-state index contributed by atoms with van der Waals surface area (Å²) in [6, 6.07) is 9.50. The van der Waals surface area contributed by atoms with E-state index >= 15 is 0 Å². The van der Waals surface area contributed by atoms with Gasteiger partial charge < -0.3 is 5.32 Å². The van der Waals surface area contributed by atoms with Gasteiger partial charge in [0.05, 0.1) is 0 Å². The van der Waals surface area contributed by atoms with Crippen molar-refractivity contribution >= 4 is 11.3 Å². The highest BCUT2D eigenvalue weighted by Gasteiger charge is 2.14. The lowest BCUT2D eigenvalue weighted by Gasteiger charge is -2.09. The molecule has 1 saturated carbocycles. The molecule has 1 heterocycles. The van der Waals surface area contributed by atoms with Crippen molar-refractivity contribution < 1.29 is 0 Å². The number of rotatable bonds is 5. The van der Waals surface area contributed by atoms with E-state index in [0.717, 1.165) is 24.0 Å². The van der Waals surface area contributed by atoms with E-state index in [9.17, 15) is 0 Å². The lowest BCUT2D eigenvalue weighted by Crippen LogP contribution is -2.24. The first-order chi connectivity index (χ1) is 9.85. The summed E-state index contributed by atoms with van der Waals surface area (Å²) in [5.41, 5.74) is 2.62. The summed E-state index contributed by atoms with van der Waals surface area (Å²) in [5.74, 6) is 0. The molecule has 2 aromatic rings. The predicted molar refractivity (Wildman–Crippen MR) is 86.0 cm³/mol. The van der Waals surface area contributed by atoms with Crippen LogP contribution in [0.25, 0.3) is 10.6 Å². The largest absolute Gasteiger partial charge is 0.309 e. The Morgan fingerprint density at radius 1 is 1.20 bits per heavy atom. The Kier molecular flexibility index (Phi) is 4.48. The number of thiazole rings is 1. The Bertz CT molecular complexity index is 538. The number of nitrogens with one attached hydrogen (secondary N) is 1. The molecular weight excluding hydrogens is 264 g/mol. The molecule has 0 spiro atoms. The third-order valence-electron chi connectivity index (χ3n) is 4.08. The van der Waals surface area contributed by atoms with Crippen LogP contribution < -0.4 is 5.32 Å². The molecule has 0 saturated heterocycles. The zero-order chi connectivity index (χ0) is 13.8. The number of hydrogen-bond acceptors (Lipinski definition) is 3. The number of benzene rings is 1. The normalized spacial score (nSPS) is 15.8. The van der Waals surface area contributed by atoms with Crippen LogP contribution in [0.2, 0.25) is 0 Å². The van der Waals surface area contributed by atoms with Crippen LogP contribution in [0, 0.1) is 0 Å². The molecule has 3 heteroatoms. The molecule has 0 aliphatic heterocycles. The van der Waals surface area contributed by atoms with E-state index in [1.165, 1.54) is 41.7 Å². The van der Waals surface area contributed by atoms with Crippen molar-refractivity contribution in [3.8, 4) is 10.6 Å². The van der Waals surface area contributed by atoms with Gasteiger partial charge in [-0.1, -0.05) is 44.0 Å². The minimum atomic E-state index is 0.726. The summed E-state index contributed by atoms with van der Waals surface area (Å²) in [4.78, 5) is 5.91. The number of aromatic nitrogens is 1. The second-order valence-electron chi connectivity index (χ2n) is 5.54. The van der Waals surface area contributed by atoms with Crippen molar-refractivity contribution in [3.63, 3.8) is 0 Å². The molecule has 1 aromatic heterocycles. The minimum Gasteiger partial charge on any atom is -0.309 e. The van der Waals surface area contributed by atoms with Crippen molar-refractivity contribution in [2.75, 3.05) is 0 Å².